The summed E-state index contributed by atoms with van der Waals surface area (Å²) < 4.78 is 17.8. The van der Waals surface area contributed by atoms with Gasteiger partial charge in [0.2, 0.25) is 0 Å². The van der Waals surface area contributed by atoms with Gasteiger partial charge in [-0.2, -0.15) is 0 Å². The normalized spacial score (nSPS) is 19.4. The van der Waals surface area contributed by atoms with Crippen molar-refractivity contribution >= 4 is 17.4 Å². The van der Waals surface area contributed by atoms with Crippen LogP contribution in [0.5, 0.6) is 17.2 Å². The van der Waals surface area contributed by atoms with Gasteiger partial charge in [0.05, 0.1) is 24.8 Å². The van der Waals surface area contributed by atoms with Gasteiger partial charge in [-0.05, 0) is 73.2 Å². The Balaban J connectivity index is 1.60. The number of benzene rings is 3. The maximum atomic E-state index is 13.6. The molecule has 1 saturated heterocycles. The van der Waals surface area contributed by atoms with Crippen molar-refractivity contribution in [2.75, 3.05) is 13.2 Å². The van der Waals surface area contributed by atoms with Crippen LogP contribution in [0.25, 0.3) is 5.76 Å². The third-order valence-corrected chi connectivity index (χ3v) is 7.44. The van der Waals surface area contributed by atoms with E-state index in [1.807, 2.05) is 68.4 Å². The van der Waals surface area contributed by atoms with Crippen molar-refractivity contribution in [2.24, 2.45) is 5.92 Å². The smallest absolute Gasteiger partial charge is 0.295 e. The molecule has 0 radical (unpaired) electrons. The summed E-state index contributed by atoms with van der Waals surface area (Å²) in [6.45, 7) is 9.33. The third kappa shape index (κ3) is 5.94. The van der Waals surface area contributed by atoms with Crippen molar-refractivity contribution in [1.29, 1.82) is 0 Å². The number of likely N-dealkylation sites (tertiary alicyclic amines) is 1. The van der Waals surface area contributed by atoms with Gasteiger partial charge >= 0.3 is 0 Å². The van der Waals surface area contributed by atoms with Gasteiger partial charge in [0, 0.05) is 18.5 Å². The second-order valence-electron chi connectivity index (χ2n) is 11.0. The molecule has 1 fully saturated rings. The maximum Gasteiger partial charge on any atom is 0.295 e. The summed E-state index contributed by atoms with van der Waals surface area (Å²) in [5, 5.41) is 11.6. The summed E-state index contributed by atoms with van der Waals surface area (Å²) in [5.41, 5.74) is 3.01. The fraction of sp³-hybridized carbons (Fsp3) is 0.353. The van der Waals surface area contributed by atoms with E-state index in [9.17, 15) is 14.7 Å². The molecule has 1 amide bonds. The number of carbonyl (C=O) groups is 2. The van der Waals surface area contributed by atoms with Crippen molar-refractivity contribution in [3.05, 3.63) is 94.6 Å². The number of fused-ring (bicyclic) bond motifs is 1. The van der Waals surface area contributed by atoms with Crippen molar-refractivity contribution < 1.29 is 28.9 Å². The third-order valence-electron chi connectivity index (χ3n) is 7.44. The van der Waals surface area contributed by atoms with Crippen LogP contribution in [0.15, 0.2) is 72.3 Å². The zero-order valence-corrected chi connectivity index (χ0v) is 24.1. The van der Waals surface area contributed by atoms with Crippen LogP contribution in [-0.2, 0) is 22.6 Å². The quantitative estimate of drug-likeness (QED) is 0.176. The lowest BCUT2D eigenvalue weighted by Crippen LogP contribution is -2.29. The highest BCUT2D eigenvalue weighted by Gasteiger charge is 2.46. The number of carbonyl (C=O) groups excluding carboxylic acids is 2. The fourth-order valence-electron chi connectivity index (χ4n) is 5.38. The van der Waals surface area contributed by atoms with Gasteiger partial charge in [0.1, 0.15) is 17.6 Å². The first-order valence-corrected chi connectivity index (χ1v) is 14.3. The standard InChI is InChI=1S/C34H37NO6/c1-5-39-29-19-24(11-14-28(29)40-16-15-21(2)3)31-30(32(36)25-12-13-27-26(18-25)17-22(4)41-27)33(37)34(38)35(31)20-23-9-7-6-8-10-23/h6-14,18-19,21-22,31,36H,5,15-17,20H2,1-4H3/b32-30-. The number of rotatable bonds is 10. The minimum absolute atomic E-state index is 0.0390. The average molecular weight is 556 g/mol. The number of amides is 1. The Labute approximate surface area is 241 Å². The van der Waals surface area contributed by atoms with E-state index in [2.05, 4.69) is 13.8 Å². The lowest BCUT2D eigenvalue weighted by atomic mass is 9.94. The van der Waals surface area contributed by atoms with Crippen LogP contribution in [0.1, 0.15) is 62.4 Å². The van der Waals surface area contributed by atoms with Crippen molar-refractivity contribution in [3.8, 4) is 17.2 Å². The largest absolute Gasteiger partial charge is 0.507 e. The monoisotopic (exact) mass is 555 g/mol. The van der Waals surface area contributed by atoms with Crippen molar-refractivity contribution in [3.63, 3.8) is 0 Å². The molecule has 3 aromatic carbocycles. The van der Waals surface area contributed by atoms with E-state index in [1.165, 1.54) is 4.90 Å². The Morgan fingerprint density at radius 3 is 2.54 bits per heavy atom. The maximum absolute atomic E-state index is 13.6. The summed E-state index contributed by atoms with van der Waals surface area (Å²) in [7, 11) is 0. The molecule has 2 atom stereocenters. The van der Waals surface area contributed by atoms with Crippen molar-refractivity contribution in [1.82, 2.24) is 4.90 Å². The summed E-state index contributed by atoms with van der Waals surface area (Å²) in [6, 6.07) is 19.5. The minimum Gasteiger partial charge on any atom is -0.507 e. The van der Waals surface area contributed by atoms with E-state index in [0.29, 0.717) is 48.2 Å². The van der Waals surface area contributed by atoms with Crippen LogP contribution in [0.4, 0.5) is 0 Å². The summed E-state index contributed by atoms with van der Waals surface area (Å²) >= 11 is 0. The molecule has 0 bridgehead atoms. The number of aliphatic hydroxyl groups excluding tert-OH is 1. The molecular formula is C34H37NO6. The first-order chi connectivity index (χ1) is 19.8. The molecule has 0 aliphatic carbocycles. The first-order valence-electron chi connectivity index (χ1n) is 14.3. The average Bonchev–Trinajstić information content (AvgIpc) is 3.45. The second kappa shape index (κ2) is 12.1. The molecule has 2 aliphatic heterocycles. The first kappa shape index (κ1) is 28.3. The lowest BCUT2D eigenvalue weighted by Gasteiger charge is -2.26. The van der Waals surface area contributed by atoms with Gasteiger partial charge in [-0.15, -0.1) is 0 Å². The highest BCUT2D eigenvalue weighted by atomic mass is 16.5. The van der Waals surface area contributed by atoms with E-state index in [4.69, 9.17) is 14.2 Å². The van der Waals surface area contributed by atoms with Crippen LogP contribution in [0, 0.1) is 5.92 Å². The fourth-order valence-corrected chi connectivity index (χ4v) is 5.38. The molecule has 0 spiro atoms. The molecular weight excluding hydrogens is 518 g/mol. The summed E-state index contributed by atoms with van der Waals surface area (Å²) in [4.78, 5) is 28.6. The predicted molar refractivity (Wildman–Crippen MR) is 157 cm³/mol. The molecule has 41 heavy (non-hydrogen) atoms. The number of aliphatic hydroxyl groups is 1. The van der Waals surface area contributed by atoms with Crippen LogP contribution in [0.3, 0.4) is 0 Å². The van der Waals surface area contributed by atoms with E-state index >= 15 is 0 Å². The van der Waals surface area contributed by atoms with Gasteiger partial charge in [0.25, 0.3) is 11.7 Å². The van der Waals surface area contributed by atoms with Gasteiger partial charge in [0.15, 0.2) is 11.5 Å². The zero-order chi connectivity index (χ0) is 29.1. The van der Waals surface area contributed by atoms with Gasteiger partial charge < -0.3 is 24.2 Å². The van der Waals surface area contributed by atoms with Crippen LogP contribution >= 0.6 is 0 Å². The van der Waals surface area contributed by atoms with E-state index in [0.717, 1.165) is 23.3 Å². The SMILES string of the molecule is CCOc1cc(C2/C(=C(/O)c3ccc4c(c3)CC(C)O4)C(=O)C(=O)N2Cc2ccccc2)ccc1OCCC(C)C. The van der Waals surface area contributed by atoms with Crippen LogP contribution < -0.4 is 14.2 Å². The van der Waals surface area contributed by atoms with E-state index in [-0.39, 0.29) is 24.0 Å². The number of hydrogen-bond acceptors (Lipinski definition) is 6. The second-order valence-corrected chi connectivity index (χ2v) is 11.0. The Kier molecular flexibility index (Phi) is 8.34. The Hall–Kier alpha value is -4.26. The summed E-state index contributed by atoms with van der Waals surface area (Å²) in [6.07, 6.45) is 1.64. The molecule has 2 unspecified atom stereocenters. The molecule has 7 heteroatoms. The molecule has 0 saturated carbocycles. The Bertz CT molecular complexity index is 1460. The minimum atomic E-state index is -0.817. The number of Topliss-reactive ketones (excluding diaryl/α,β-unsaturated/α-hetero) is 1. The molecule has 3 aromatic rings. The van der Waals surface area contributed by atoms with Gasteiger partial charge in [-0.1, -0.05) is 50.2 Å². The molecule has 2 heterocycles. The lowest BCUT2D eigenvalue weighted by molar-refractivity contribution is -0.140. The van der Waals surface area contributed by atoms with Crippen LogP contribution in [-0.4, -0.2) is 41.0 Å². The Morgan fingerprint density at radius 2 is 1.80 bits per heavy atom. The predicted octanol–water partition coefficient (Wildman–Crippen LogP) is 6.46. The van der Waals surface area contributed by atoms with Crippen molar-refractivity contribution in [2.45, 2.75) is 59.2 Å². The van der Waals surface area contributed by atoms with E-state index in [1.54, 1.807) is 12.1 Å². The number of ether oxygens (including phenoxy) is 3. The molecule has 1 N–H and O–H groups in total. The molecule has 0 aromatic heterocycles. The topological polar surface area (TPSA) is 85.3 Å². The zero-order valence-electron chi connectivity index (χ0n) is 24.1. The molecule has 5 rings (SSSR count). The van der Waals surface area contributed by atoms with Crippen LogP contribution in [0.2, 0.25) is 0 Å². The molecule has 214 valence electrons. The number of nitrogens with zero attached hydrogens (tertiary/aromatic N) is 1. The number of hydrogen-bond donors (Lipinski definition) is 1. The van der Waals surface area contributed by atoms with E-state index < -0.39 is 17.7 Å². The molecule has 2 aliphatic rings. The molecule has 7 nitrogen and oxygen atoms in total. The summed E-state index contributed by atoms with van der Waals surface area (Å²) in [5.74, 6) is 0.812. The highest BCUT2D eigenvalue weighted by Crippen LogP contribution is 2.43. The Morgan fingerprint density at radius 1 is 1.02 bits per heavy atom. The van der Waals surface area contributed by atoms with Gasteiger partial charge in [-0.3, -0.25) is 9.59 Å². The van der Waals surface area contributed by atoms with Gasteiger partial charge in [-0.25, -0.2) is 0 Å². The number of ketones is 1. The highest BCUT2D eigenvalue weighted by molar-refractivity contribution is 6.46.